The molecular weight excluding hydrogens is 256 g/mol. The molecule has 0 aliphatic heterocycles. The van der Waals surface area contributed by atoms with E-state index in [0.717, 1.165) is 22.5 Å². The van der Waals surface area contributed by atoms with Crippen LogP contribution < -0.4 is 11.5 Å². The lowest BCUT2D eigenvalue weighted by molar-refractivity contribution is 0.315. The fourth-order valence-corrected chi connectivity index (χ4v) is 2.08. The fraction of sp³-hybridized carbons (Fsp3) is 0.231. The number of anilines is 2. The minimum Gasteiger partial charge on any atom is -0.396 e. The number of hydrogen-bond donors (Lipinski definition) is 2. The summed E-state index contributed by atoms with van der Waals surface area (Å²) in [5.41, 5.74) is 16.8. The van der Waals surface area contributed by atoms with Crippen molar-refractivity contribution in [3.05, 3.63) is 34.6 Å². The second kappa shape index (κ2) is 4.44. The molecule has 102 valence electrons. The summed E-state index contributed by atoms with van der Waals surface area (Å²) in [4.78, 5) is 8.68. The van der Waals surface area contributed by atoms with Gasteiger partial charge in [0.15, 0.2) is 5.52 Å². The Morgan fingerprint density at radius 1 is 1.10 bits per heavy atom. The van der Waals surface area contributed by atoms with E-state index in [1.165, 1.54) is 0 Å². The topological polar surface area (TPSA) is 117 Å². The number of nitrogens with zero attached hydrogens (tertiary/aromatic N) is 4. The molecular formula is C13H14N6O. The van der Waals surface area contributed by atoms with Crippen LogP contribution in [0.25, 0.3) is 11.2 Å². The molecule has 3 aromatic rings. The van der Waals surface area contributed by atoms with Crippen LogP contribution in [0.2, 0.25) is 0 Å². The normalized spacial score (nSPS) is 11.1. The highest BCUT2D eigenvalue weighted by Crippen LogP contribution is 2.25. The summed E-state index contributed by atoms with van der Waals surface area (Å²) in [5, 5.41) is 7.48. The van der Waals surface area contributed by atoms with Crippen molar-refractivity contribution in [2.75, 3.05) is 11.5 Å². The first-order chi connectivity index (χ1) is 9.56. The molecule has 3 aromatic heterocycles. The van der Waals surface area contributed by atoms with Crippen LogP contribution in [0.1, 0.15) is 22.5 Å². The van der Waals surface area contributed by atoms with E-state index in [-0.39, 0.29) is 0 Å². The molecule has 0 saturated carbocycles. The standard InChI is InChI=1S/C13H14N6O/c1-6-3-4-8(17-12(6)15)5-9-7(2)16-13-11(10(9)14)18-20-19-13/h3-4H,5,14H2,1-2H3,(H2,15,17). The second-order valence-corrected chi connectivity index (χ2v) is 4.71. The molecule has 0 bridgehead atoms. The zero-order chi connectivity index (χ0) is 14.3. The van der Waals surface area contributed by atoms with Gasteiger partial charge in [-0.2, -0.15) is 0 Å². The average Bonchev–Trinajstić information content (AvgIpc) is 2.87. The maximum Gasteiger partial charge on any atom is 0.226 e. The molecule has 0 aliphatic rings. The summed E-state index contributed by atoms with van der Waals surface area (Å²) in [6, 6.07) is 3.86. The predicted molar refractivity (Wildman–Crippen MR) is 74.9 cm³/mol. The first-order valence-electron chi connectivity index (χ1n) is 6.15. The molecule has 0 radical (unpaired) electrons. The van der Waals surface area contributed by atoms with Crippen LogP contribution in [0, 0.1) is 13.8 Å². The van der Waals surface area contributed by atoms with Gasteiger partial charge in [-0.3, -0.25) is 0 Å². The number of nitrogen functional groups attached to an aromatic ring is 2. The summed E-state index contributed by atoms with van der Waals surface area (Å²) < 4.78 is 4.66. The van der Waals surface area contributed by atoms with Crippen molar-refractivity contribution in [1.29, 1.82) is 0 Å². The molecule has 0 saturated heterocycles. The lowest BCUT2D eigenvalue weighted by atomic mass is 10.0. The predicted octanol–water partition coefficient (Wildman–Crippen LogP) is 1.38. The van der Waals surface area contributed by atoms with Crippen molar-refractivity contribution < 1.29 is 4.63 Å². The van der Waals surface area contributed by atoms with Crippen LogP contribution in [-0.4, -0.2) is 20.3 Å². The van der Waals surface area contributed by atoms with Crippen LogP contribution >= 0.6 is 0 Å². The van der Waals surface area contributed by atoms with Crippen molar-refractivity contribution >= 4 is 22.7 Å². The number of pyridine rings is 2. The number of fused-ring (bicyclic) bond motifs is 1. The van der Waals surface area contributed by atoms with E-state index < -0.39 is 0 Å². The molecule has 4 N–H and O–H groups in total. The Morgan fingerprint density at radius 2 is 1.90 bits per heavy atom. The van der Waals surface area contributed by atoms with Crippen LogP contribution in [-0.2, 0) is 6.42 Å². The van der Waals surface area contributed by atoms with Gasteiger partial charge in [-0.1, -0.05) is 6.07 Å². The van der Waals surface area contributed by atoms with Gasteiger partial charge in [-0.25, -0.2) is 14.6 Å². The van der Waals surface area contributed by atoms with E-state index in [2.05, 4.69) is 24.9 Å². The van der Waals surface area contributed by atoms with E-state index in [1.54, 1.807) is 0 Å². The third-order valence-electron chi connectivity index (χ3n) is 3.31. The van der Waals surface area contributed by atoms with Gasteiger partial charge in [0.05, 0.1) is 5.69 Å². The average molecular weight is 270 g/mol. The summed E-state index contributed by atoms with van der Waals surface area (Å²) in [5.74, 6) is 0.524. The largest absolute Gasteiger partial charge is 0.396 e. The third-order valence-corrected chi connectivity index (χ3v) is 3.31. The van der Waals surface area contributed by atoms with Crippen LogP contribution in [0.4, 0.5) is 11.5 Å². The summed E-state index contributed by atoms with van der Waals surface area (Å²) >= 11 is 0. The minimum absolute atomic E-state index is 0.417. The highest BCUT2D eigenvalue weighted by molar-refractivity contribution is 5.85. The van der Waals surface area contributed by atoms with Crippen LogP contribution in [0.3, 0.4) is 0 Å². The van der Waals surface area contributed by atoms with E-state index in [4.69, 9.17) is 11.5 Å². The highest BCUT2D eigenvalue weighted by atomic mass is 16.6. The van der Waals surface area contributed by atoms with Crippen molar-refractivity contribution in [3.63, 3.8) is 0 Å². The van der Waals surface area contributed by atoms with Gasteiger partial charge in [0.2, 0.25) is 5.65 Å². The molecule has 3 rings (SSSR count). The van der Waals surface area contributed by atoms with Crippen LogP contribution in [0.5, 0.6) is 0 Å². The third kappa shape index (κ3) is 1.93. The molecule has 7 heteroatoms. The zero-order valence-electron chi connectivity index (χ0n) is 11.2. The lowest BCUT2D eigenvalue weighted by Crippen LogP contribution is -2.05. The van der Waals surface area contributed by atoms with E-state index in [0.29, 0.717) is 29.1 Å². The zero-order valence-corrected chi connectivity index (χ0v) is 11.2. The Balaban J connectivity index is 2.07. The fourth-order valence-electron chi connectivity index (χ4n) is 2.08. The maximum absolute atomic E-state index is 6.12. The Kier molecular flexibility index (Phi) is 2.74. The smallest absolute Gasteiger partial charge is 0.226 e. The molecule has 0 unspecified atom stereocenters. The molecule has 0 aromatic carbocycles. The van der Waals surface area contributed by atoms with Gasteiger partial charge in [-0.05, 0) is 35.8 Å². The Morgan fingerprint density at radius 3 is 2.65 bits per heavy atom. The molecule has 0 aliphatic carbocycles. The van der Waals surface area contributed by atoms with Crippen molar-refractivity contribution in [2.24, 2.45) is 0 Å². The molecule has 20 heavy (non-hydrogen) atoms. The van der Waals surface area contributed by atoms with Crippen molar-refractivity contribution in [2.45, 2.75) is 20.3 Å². The first-order valence-corrected chi connectivity index (χ1v) is 6.15. The summed E-state index contributed by atoms with van der Waals surface area (Å²) in [6.45, 7) is 3.79. The molecule has 0 spiro atoms. The van der Waals surface area contributed by atoms with Crippen LogP contribution in [0.15, 0.2) is 16.8 Å². The second-order valence-electron chi connectivity index (χ2n) is 4.71. The van der Waals surface area contributed by atoms with Crippen molar-refractivity contribution in [1.82, 2.24) is 20.3 Å². The number of hydrogen-bond acceptors (Lipinski definition) is 7. The Labute approximate surface area is 115 Å². The van der Waals surface area contributed by atoms with Gasteiger partial charge in [0.1, 0.15) is 5.82 Å². The summed E-state index contributed by atoms with van der Waals surface area (Å²) in [7, 11) is 0. The highest BCUT2D eigenvalue weighted by Gasteiger charge is 2.15. The number of rotatable bonds is 2. The van der Waals surface area contributed by atoms with Gasteiger partial charge < -0.3 is 11.5 Å². The number of aromatic nitrogens is 4. The maximum atomic E-state index is 6.12. The number of nitrogens with two attached hydrogens (primary N) is 2. The molecule has 0 amide bonds. The Hall–Kier alpha value is -2.70. The van der Waals surface area contributed by atoms with Gasteiger partial charge in [0, 0.05) is 23.4 Å². The van der Waals surface area contributed by atoms with Gasteiger partial charge in [0.25, 0.3) is 0 Å². The quantitative estimate of drug-likeness (QED) is 0.722. The minimum atomic E-state index is 0.417. The monoisotopic (exact) mass is 270 g/mol. The van der Waals surface area contributed by atoms with Gasteiger partial charge in [-0.15, -0.1) is 0 Å². The summed E-state index contributed by atoms with van der Waals surface area (Å²) in [6.07, 6.45) is 0.540. The lowest BCUT2D eigenvalue weighted by Gasteiger charge is -2.09. The first kappa shape index (κ1) is 12.3. The number of aryl methyl sites for hydroxylation is 2. The molecule has 7 nitrogen and oxygen atoms in total. The Bertz CT molecular complexity index is 795. The van der Waals surface area contributed by atoms with Crippen molar-refractivity contribution in [3.8, 4) is 0 Å². The molecule has 0 atom stereocenters. The van der Waals surface area contributed by atoms with E-state index in [1.807, 2.05) is 26.0 Å². The van der Waals surface area contributed by atoms with E-state index >= 15 is 0 Å². The van der Waals surface area contributed by atoms with E-state index in [9.17, 15) is 0 Å². The molecule has 3 heterocycles. The van der Waals surface area contributed by atoms with Gasteiger partial charge >= 0.3 is 0 Å². The molecule has 0 fully saturated rings. The SMILES string of the molecule is Cc1ccc(Cc2c(C)nc3nonc3c2N)nc1N.